The van der Waals surface area contributed by atoms with Crippen molar-refractivity contribution < 1.29 is 14.3 Å². The number of thioether (sulfide) groups is 1. The SMILES string of the molecule is N#CCNC(=O)C(CSCc1ccccc1)NC(=O)OCc1ccccc1. The zero-order chi connectivity index (χ0) is 19.3. The molecule has 1 atom stereocenters. The van der Waals surface area contributed by atoms with Crippen LogP contribution in [0.3, 0.4) is 0 Å². The van der Waals surface area contributed by atoms with Crippen LogP contribution in [-0.2, 0) is 21.9 Å². The number of nitrogens with one attached hydrogen (secondary N) is 2. The van der Waals surface area contributed by atoms with Crippen molar-refractivity contribution in [3.8, 4) is 6.07 Å². The Morgan fingerprint density at radius 3 is 2.30 bits per heavy atom. The summed E-state index contributed by atoms with van der Waals surface area (Å²) in [6.07, 6.45) is -0.670. The van der Waals surface area contributed by atoms with Crippen molar-refractivity contribution in [2.45, 2.75) is 18.4 Å². The van der Waals surface area contributed by atoms with Crippen LogP contribution in [0, 0.1) is 11.3 Å². The van der Waals surface area contributed by atoms with E-state index in [2.05, 4.69) is 10.6 Å². The lowest BCUT2D eigenvalue weighted by Crippen LogP contribution is -2.48. The molecule has 0 radical (unpaired) electrons. The van der Waals surface area contributed by atoms with E-state index < -0.39 is 18.0 Å². The monoisotopic (exact) mass is 383 g/mol. The van der Waals surface area contributed by atoms with Gasteiger partial charge in [-0.15, -0.1) is 0 Å². The van der Waals surface area contributed by atoms with Gasteiger partial charge >= 0.3 is 6.09 Å². The molecule has 2 aromatic rings. The minimum absolute atomic E-state index is 0.112. The summed E-state index contributed by atoms with van der Waals surface area (Å²) in [4.78, 5) is 24.3. The first-order chi connectivity index (χ1) is 13.2. The molecule has 6 nitrogen and oxygen atoms in total. The number of carbonyl (C=O) groups excluding carboxylic acids is 2. The van der Waals surface area contributed by atoms with Gasteiger partial charge in [0, 0.05) is 11.5 Å². The number of nitriles is 1. The van der Waals surface area contributed by atoms with Gasteiger partial charge in [-0.2, -0.15) is 17.0 Å². The molecule has 7 heteroatoms. The summed E-state index contributed by atoms with van der Waals surface area (Å²) >= 11 is 1.52. The van der Waals surface area contributed by atoms with Crippen molar-refractivity contribution in [2.24, 2.45) is 0 Å². The Hall–Kier alpha value is -2.98. The zero-order valence-electron chi connectivity index (χ0n) is 14.8. The smallest absolute Gasteiger partial charge is 0.408 e. The van der Waals surface area contributed by atoms with Gasteiger partial charge < -0.3 is 15.4 Å². The lowest BCUT2D eigenvalue weighted by Gasteiger charge is -2.17. The van der Waals surface area contributed by atoms with Crippen LogP contribution in [0.5, 0.6) is 0 Å². The Kier molecular flexibility index (Phi) is 8.74. The third-order valence-corrected chi connectivity index (χ3v) is 4.67. The van der Waals surface area contributed by atoms with Gasteiger partial charge in [-0.3, -0.25) is 4.79 Å². The molecule has 0 heterocycles. The highest BCUT2D eigenvalue weighted by Gasteiger charge is 2.21. The van der Waals surface area contributed by atoms with Gasteiger partial charge in [0.2, 0.25) is 5.91 Å². The molecular formula is C20H21N3O3S. The van der Waals surface area contributed by atoms with Gasteiger partial charge in [0.05, 0.1) is 6.07 Å². The van der Waals surface area contributed by atoms with E-state index in [1.165, 1.54) is 11.8 Å². The van der Waals surface area contributed by atoms with E-state index in [0.29, 0.717) is 11.5 Å². The minimum atomic E-state index is -0.782. The number of rotatable bonds is 9. The maximum atomic E-state index is 12.2. The maximum Gasteiger partial charge on any atom is 0.408 e. The summed E-state index contributed by atoms with van der Waals surface area (Å²) in [5, 5.41) is 13.7. The molecule has 2 aromatic carbocycles. The van der Waals surface area contributed by atoms with Crippen LogP contribution in [0.4, 0.5) is 4.79 Å². The second-order valence-corrected chi connectivity index (χ2v) is 6.67. The summed E-state index contributed by atoms with van der Waals surface area (Å²) in [6, 6.07) is 20.2. The van der Waals surface area contributed by atoms with Gasteiger partial charge in [-0.25, -0.2) is 4.79 Å². The minimum Gasteiger partial charge on any atom is -0.445 e. The molecule has 2 amide bonds. The molecule has 0 spiro atoms. The number of hydrogen-bond donors (Lipinski definition) is 2. The van der Waals surface area contributed by atoms with E-state index in [1.54, 1.807) is 0 Å². The molecule has 0 aromatic heterocycles. The summed E-state index contributed by atoms with van der Waals surface area (Å²) in [5.41, 5.74) is 1.99. The lowest BCUT2D eigenvalue weighted by molar-refractivity contribution is -0.122. The standard InChI is InChI=1S/C20H21N3O3S/c21-11-12-22-19(24)18(15-27-14-17-9-5-2-6-10-17)23-20(25)26-13-16-7-3-1-4-8-16/h1-10,18H,12-15H2,(H,22,24)(H,23,25). The van der Waals surface area contributed by atoms with Crippen molar-refractivity contribution >= 4 is 23.8 Å². The number of alkyl carbamates (subject to hydrolysis) is 1. The fourth-order valence-electron chi connectivity index (χ4n) is 2.21. The van der Waals surface area contributed by atoms with Gasteiger partial charge in [0.1, 0.15) is 19.2 Å². The maximum absolute atomic E-state index is 12.2. The van der Waals surface area contributed by atoms with Crippen molar-refractivity contribution in [2.75, 3.05) is 12.3 Å². The normalized spacial score (nSPS) is 11.1. The van der Waals surface area contributed by atoms with Crippen molar-refractivity contribution in [3.63, 3.8) is 0 Å². The van der Waals surface area contributed by atoms with Gasteiger partial charge in [-0.05, 0) is 11.1 Å². The van der Waals surface area contributed by atoms with Crippen LogP contribution in [0.1, 0.15) is 11.1 Å². The Balaban J connectivity index is 1.85. The molecule has 2 N–H and O–H groups in total. The topological polar surface area (TPSA) is 91.2 Å². The van der Waals surface area contributed by atoms with Crippen molar-refractivity contribution in [3.05, 3.63) is 71.8 Å². The molecule has 27 heavy (non-hydrogen) atoms. The third kappa shape index (κ3) is 7.84. The predicted octanol–water partition coefficient (Wildman–Crippen LogP) is 2.85. The van der Waals surface area contributed by atoms with E-state index in [4.69, 9.17) is 10.00 Å². The number of amides is 2. The second kappa shape index (κ2) is 11.6. The molecule has 0 aliphatic rings. The summed E-state index contributed by atoms with van der Waals surface area (Å²) in [6.45, 7) is 0.00972. The van der Waals surface area contributed by atoms with Crippen molar-refractivity contribution in [1.29, 1.82) is 5.26 Å². The molecular weight excluding hydrogens is 362 g/mol. The highest BCUT2D eigenvalue weighted by atomic mass is 32.2. The van der Waals surface area contributed by atoms with Crippen LogP contribution >= 0.6 is 11.8 Å². The number of nitrogens with zero attached hydrogens (tertiary/aromatic N) is 1. The molecule has 0 saturated heterocycles. The van der Waals surface area contributed by atoms with E-state index in [1.807, 2.05) is 66.7 Å². The van der Waals surface area contributed by atoms with Crippen LogP contribution in [0.2, 0.25) is 0 Å². The highest BCUT2D eigenvalue weighted by Crippen LogP contribution is 2.13. The molecule has 140 valence electrons. The molecule has 0 aliphatic heterocycles. The first-order valence-corrected chi connectivity index (χ1v) is 9.58. The Bertz CT molecular complexity index is 763. The molecule has 0 fully saturated rings. The molecule has 0 aliphatic carbocycles. The molecule has 0 saturated carbocycles. The Morgan fingerprint density at radius 2 is 1.67 bits per heavy atom. The van der Waals surface area contributed by atoms with Crippen LogP contribution in [0.15, 0.2) is 60.7 Å². The average Bonchev–Trinajstić information content (AvgIpc) is 2.71. The molecule has 1 unspecified atom stereocenters. The van der Waals surface area contributed by atoms with E-state index in [0.717, 1.165) is 11.1 Å². The van der Waals surface area contributed by atoms with Gasteiger partial charge in [0.25, 0.3) is 0 Å². The van der Waals surface area contributed by atoms with Crippen LogP contribution in [-0.4, -0.2) is 30.3 Å². The highest BCUT2D eigenvalue weighted by molar-refractivity contribution is 7.98. The fourth-order valence-corrected chi connectivity index (χ4v) is 3.23. The first kappa shape index (κ1) is 20.3. The largest absolute Gasteiger partial charge is 0.445 e. The summed E-state index contributed by atoms with van der Waals surface area (Å²) < 4.78 is 5.17. The molecule has 2 rings (SSSR count). The fraction of sp³-hybridized carbons (Fsp3) is 0.250. The van der Waals surface area contributed by atoms with E-state index in [-0.39, 0.29) is 13.2 Å². The first-order valence-electron chi connectivity index (χ1n) is 8.42. The third-order valence-electron chi connectivity index (χ3n) is 3.56. The molecule has 0 bridgehead atoms. The Morgan fingerprint density at radius 1 is 1.04 bits per heavy atom. The van der Waals surface area contributed by atoms with Crippen molar-refractivity contribution in [1.82, 2.24) is 10.6 Å². The second-order valence-electron chi connectivity index (χ2n) is 5.64. The van der Waals surface area contributed by atoms with Gasteiger partial charge in [-0.1, -0.05) is 60.7 Å². The lowest BCUT2D eigenvalue weighted by atomic mass is 10.2. The quantitative estimate of drug-likeness (QED) is 0.650. The van der Waals surface area contributed by atoms with Crippen LogP contribution < -0.4 is 10.6 Å². The van der Waals surface area contributed by atoms with Gasteiger partial charge in [0.15, 0.2) is 0 Å². The number of carbonyl (C=O) groups is 2. The summed E-state index contributed by atoms with van der Waals surface area (Å²) in [7, 11) is 0. The van der Waals surface area contributed by atoms with Crippen LogP contribution in [0.25, 0.3) is 0 Å². The number of hydrogen-bond acceptors (Lipinski definition) is 5. The Labute approximate surface area is 162 Å². The number of benzene rings is 2. The average molecular weight is 383 g/mol. The van der Waals surface area contributed by atoms with E-state index in [9.17, 15) is 9.59 Å². The number of ether oxygens (including phenoxy) is 1. The zero-order valence-corrected chi connectivity index (χ0v) is 15.6. The predicted molar refractivity (Wildman–Crippen MR) is 105 cm³/mol. The summed E-state index contributed by atoms with van der Waals surface area (Å²) in [5.74, 6) is 0.671. The van der Waals surface area contributed by atoms with E-state index >= 15 is 0 Å².